The Balaban J connectivity index is 1.40. The van der Waals surface area contributed by atoms with Gasteiger partial charge in [0, 0.05) is 37.9 Å². The zero-order chi connectivity index (χ0) is 17.8. The fraction of sp³-hybridized carbons (Fsp3) is 0.211. The molecule has 1 saturated heterocycles. The lowest BCUT2D eigenvalue weighted by Crippen LogP contribution is -2.46. The van der Waals surface area contributed by atoms with E-state index in [0.29, 0.717) is 10.7 Å². The van der Waals surface area contributed by atoms with Gasteiger partial charge in [0.25, 0.3) is 5.91 Å². The summed E-state index contributed by atoms with van der Waals surface area (Å²) in [5.41, 5.74) is 1.25. The molecule has 1 N–H and O–H groups in total. The van der Waals surface area contributed by atoms with Crippen molar-refractivity contribution >= 4 is 34.6 Å². The fourth-order valence-corrected chi connectivity index (χ4v) is 3.63. The zero-order valence-electron chi connectivity index (χ0n) is 14.2. The summed E-state index contributed by atoms with van der Waals surface area (Å²) in [7, 11) is 0. The number of benzene rings is 1. The van der Waals surface area contributed by atoms with E-state index < -0.39 is 0 Å². The largest absolute Gasteiger partial charge is 0.368 e. The maximum absolute atomic E-state index is 12.2. The maximum Gasteiger partial charge on any atom is 0.266 e. The molecule has 0 aliphatic carbocycles. The molecule has 0 unspecified atom stereocenters. The minimum Gasteiger partial charge on any atom is -0.368 e. The van der Waals surface area contributed by atoms with E-state index in [4.69, 9.17) is 0 Å². The van der Waals surface area contributed by atoms with Gasteiger partial charge < -0.3 is 15.1 Å². The van der Waals surface area contributed by atoms with Crippen molar-refractivity contribution in [3.63, 3.8) is 0 Å². The van der Waals surface area contributed by atoms with Gasteiger partial charge in [-0.3, -0.25) is 4.79 Å². The molecule has 26 heavy (non-hydrogen) atoms. The average molecular weight is 365 g/mol. The lowest BCUT2D eigenvalue weighted by molar-refractivity contribution is 0.103. The number of hydrogen-bond acceptors (Lipinski definition) is 6. The Kier molecular flexibility index (Phi) is 4.79. The highest BCUT2D eigenvalue weighted by Crippen LogP contribution is 2.20. The van der Waals surface area contributed by atoms with E-state index in [-0.39, 0.29) is 5.91 Å². The van der Waals surface area contributed by atoms with Crippen LogP contribution in [0, 0.1) is 0 Å². The molecule has 1 aliphatic heterocycles. The van der Waals surface area contributed by atoms with Crippen molar-refractivity contribution < 1.29 is 4.79 Å². The van der Waals surface area contributed by atoms with E-state index >= 15 is 0 Å². The summed E-state index contributed by atoms with van der Waals surface area (Å²) in [6.07, 6.45) is 1.50. The molecule has 7 heteroatoms. The van der Waals surface area contributed by atoms with Crippen LogP contribution >= 0.6 is 11.3 Å². The number of nitrogens with one attached hydrogen (secondary N) is 1. The Labute approximate surface area is 156 Å². The van der Waals surface area contributed by atoms with Crippen molar-refractivity contribution in [1.29, 1.82) is 0 Å². The summed E-state index contributed by atoms with van der Waals surface area (Å²) < 4.78 is 0. The molecule has 1 amide bonds. The normalized spacial score (nSPS) is 14.3. The van der Waals surface area contributed by atoms with Crippen LogP contribution in [0.25, 0.3) is 0 Å². The highest BCUT2D eigenvalue weighted by molar-refractivity contribution is 7.12. The van der Waals surface area contributed by atoms with E-state index in [2.05, 4.69) is 49.4 Å². The molecule has 6 nitrogen and oxygen atoms in total. The van der Waals surface area contributed by atoms with Crippen molar-refractivity contribution in [3.8, 4) is 0 Å². The number of aromatic nitrogens is 2. The van der Waals surface area contributed by atoms with Crippen LogP contribution in [0.3, 0.4) is 0 Å². The third-order valence-corrected chi connectivity index (χ3v) is 5.23. The monoisotopic (exact) mass is 365 g/mol. The summed E-state index contributed by atoms with van der Waals surface area (Å²) in [6, 6.07) is 15.9. The van der Waals surface area contributed by atoms with Crippen LogP contribution in [-0.4, -0.2) is 42.1 Å². The standard InChI is InChI=1S/C19H19N5OS/c25-19(16-7-4-12-26-16)22-17-13-18(21-14-20-17)24-10-8-23(9-11-24)15-5-2-1-3-6-15/h1-7,12-14H,8-11H2,(H,20,21,22,25). The first-order valence-electron chi connectivity index (χ1n) is 8.51. The zero-order valence-corrected chi connectivity index (χ0v) is 15.0. The Morgan fingerprint density at radius 2 is 1.73 bits per heavy atom. The van der Waals surface area contributed by atoms with Crippen LogP contribution in [-0.2, 0) is 0 Å². The van der Waals surface area contributed by atoms with E-state index in [1.54, 1.807) is 6.07 Å². The first-order valence-corrected chi connectivity index (χ1v) is 9.39. The fourth-order valence-electron chi connectivity index (χ4n) is 3.01. The second-order valence-electron chi connectivity index (χ2n) is 6.00. The molecule has 0 saturated carbocycles. The summed E-state index contributed by atoms with van der Waals surface area (Å²) >= 11 is 1.41. The van der Waals surface area contributed by atoms with E-state index in [1.165, 1.54) is 23.4 Å². The molecule has 1 aliphatic rings. The van der Waals surface area contributed by atoms with Crippen LogP contribution in [0.15, 0.2) is 60.2 Å². The second kappa shape index (κ2) is 7.53. The Hall–Kier alpha value is -2.93. The van der Waals surface area contributed by atoms with Gasteiger partial charge in [0.05, 0.1) is 4.88 Å². The van der Waals surface area contributed by atoms with Gasteiger partial charge in [0.1, 0.15) is 18.0 Å². The smallest absolute Gasteiger partial charge is 0.266 e. The van der Waals surface area contributed by atoms with Crippen molar-refractivity contribution in [2.45, 2.75) is 0 Å². The SMILES string of the molecule is O=C(Nc1cc(N2CCN(c3ccccc3)CC2)ncn1)c1cccs1. The summed E-state index contributed by atoms with van der Waals surface area (Å²) in [6.45, 7) is 3.63. The molecule has 3 heterocycles. The number of rotatable bonds is 4. The van der Waals surface area contributed by atoms with Crippen molar-refractivity contribution in [3.05, 3.63) is 65.1 Å². The number of amides is 1. The molecule has 0 bridgehead atoms. The lowest BCUT2D eigenvalue weighted by Gasteiger charge is -2.36. The molecular formula is C19H19N5OS. The molecule has 1 aromatic carbocycles. The minimum absolute atomic E-state index is 0.140. The number of para-hydroxylation sites is 1. The van der Waals surface area contributed by atoms with Crippen molar-refractivity contribution in [2.24, 2.45) is 0 Å². The Bertz CT molecular complexity index is 861. The van der Waals surface area contributed by atoms with Crippen LogP contribution < -0.4 is 15.1 Å². The molecule has 0 spiro atoms. The topological polar surface area (TPSA) is 61.4 Å². The first-order chi connectivity index (χ1) is 12.8. The van der Waals surface area contributed by atoms with Gasteiger partial charge in [-0.05, 0) is 23.6 Å². The van der Waals surface area contributed by atoms with Crippen molar-refractivity contribution in [1.82, 2.24) is 9.97 Å². The van der Waals surface area contributed by atoms with Crippen LogP contribution in [0.5, 0.6) is 0 Å². The summed E-state index contributed by atoms with van der Waals surface area (Å²) in [4.78, 5) is 26.0. The number of thiophene rings is 1. The molecule has 2 aromatic heterocycles. The van der Waals surface area contributed by atoms with Gasteiger partial charge in [-0.25, -0.2) is 9.97 Å². The number of carbonyl (C=O) groups is 1. The average Bonchev–Trinajstić information content (AvgIpc) is 3.24. The van der Waals surface area contributed by atoms with Gasteiger partial charge >= 0.3 is 0 Å². The molecule has 3 aromatic rings. The van der Waals surface area contributed by atoms with E-state index in [9.17, 15) is 4.79 Å². The van der Waals surface area contributed by atoms with Gasteiger partial charge in [0.15, 0.2) is 0 Å². The number of hydrogen-bond donors (Lipinski definition) is 1. The molecule has 0 atom stereocenters. The van der Waals surface area contributed by atoms with Crippen LogP contribution in [0.2, 0.25) is 0 Å². The third-order valence-electron chi connectivity index (χ3n) is 4.36. The van der Waals surface area contributed by atoms with E-state index in [0.717, 1.165) is 32.0 Å². The number of anilines is 3. The van der Waals surface area contributed by atoms with Crippen molar-refractivity contribution in [2.75, 3.05) is 41.3 Å². The number of carbonyl (C=O) groups excluding carboxylic acids is 1. The number of nitrogens with zero attached hydrogens (tertiary/aromatic N) is 4. The summed E-state index contributed by atoms with van der Waals surface area (Å²) in [5, 5.41) is 4.72. The van der Waals surface area contributed by atoms with Crippen LogP contribution in [0.4, 0.5) is 17.3 Å². The molecule has 4 rings (SSSR count). The van der Waals surface area contributed by atoms with Gasteiger partial charge in [-0.2, -0.15) is 0 Å². The minimum atomic E-state index is -0.140. The molecule has 0 radical (unpaired) electrons. The molecular weight excluding hydrogens is 346 g/mol. The summed E-state index contributed by atoms with van der Waals surface area (Å²) in [5.74, 6) is 1.23. The lowest BCUT2D eigenvalue weighted by atomic mass is 10.2. The molecule has 1 fully saturated rings. The van der Waals surface area contributed by atoms with Gasteiger partial charge in [-0.1, -0.05) is 24.3 Å². The van der Waals surface area contributed by atoms with Crippen LogP contribution in [0.1, 0.15) is 9.67 Å². The number of piperazine rings is 1. The first kappa shape index (κ1) is 16.5. The van der Waals surface area contributed by atoms with Gasteiger partial charge in [0.2, 0.25) is 0 Å². The third kappa shape index (κ3) is 3.67. The van der Waals surface area contributed by atoms with Gasteiger partial charge in [-0.15, -0.1) is 11.3 Å². The maximum atomic E-state index is 12.2. The quantitative estimate of drug-likeness (QED) is 0.770. The predicted octanol–water partition coefficient (Wildman–Crippen LogP) is 3.12. The predicted molar refractivity (Wildman–Crippen MR) is 105 cm³/mol. The Morgan fingerprint density at radius 3 is 2.46 bits per heavy atom. The highest BCUT2D eigenvalue weighted by Gasteiger charge is 2.19. The Morgan fingerprint density at radius 1 is 0.962 bits per heavy atom. The molecule has 132 valence electrons. The second-order valence-corrected chi connectivity index (χ2v) is 6.95. The highest BCUT2D eigenvalue weighted by atomic mass is 32.1. The van der Waals surface area contributed by atoms with E-state index in [1.807, 2.05) is 23.6 Å².